The number of hydrogen-bond acceptors (Lipinski definition) is 4. The summed E-state index contributed by atoms with van der Waals surface area (Å²) in [4.78, 5) is 14.1. The Kier molecular flexibility index (Phi) is 6.56. The Labute approximate surface area is 159 Å². The van der Waals surface area contributed by atoms with Crippen LogP contribution in [0.25, 0.3) is 0 Å². The van der Waals surface area contributed by atoms with Crippen LogP contribution < -0.4 is 9.64 Å². The highest BCUT2D eigenvalue weighted by molar-refractivity contribution is 7.89. The summed E-state index contributed by atoms with van der Waals surface area (Å²) in [6.45, 7) is 4.08. The van der Waals surface area contributed by atoms with Crippen molar-refractivity contribution in [3.05, 3.63) is 53.8 Å². The largest absolute Gasteiger partial charge is 0.495 e. The molecule has 2 aromatic carbocycles. The molecule has 146 valence electrons. The van der Waals surface area contributed by atoms with Crippen LogP contribution in [-0.2, 0) is 10.0 Å². The molecular weight excluding hydrogens is 371 g/mol. The molecule has 0 saturated carbocycles. The van der Waals surface area contributed by atoms with Crippen molar-refractivity contribution in [3.63, 3.8) is 0 Å². The maximum absolute atomic E-state index is 13.1. The summed E-state index contributed by atoms with van der Waals surface area (Å²) in [6.07, 6.45) is 0. The van der Waals surface area contributed by atoms with Crippen LogP contribution in [0.1, 0.15) is 24.2 Å². The molecular formula is C19H23FN2O4S. The van der Waals surface area contributed by atoms with Gasteiger partial charge in [-0.3, -0.25) is 4.79 Å². The summed E-state index contributed by atoms with van der Waals surface area (Å²) in [5.41, 5.74) is 0.679. The number of halogens is 1. The fourth-order valence-electron chi connectivity index (χ4n) is 2.69. The molecule has 1 amide bonds. The molecule has 2 aromatic rings. The Morgan fingerprint density at radius 2 is 1.67 bits per heavy atom. The van der Waals surface area contributed by atoms with E-state index >= 15 is 0 Å². The fraction of sp³-hybridized carbons (Fsp3) is 0.316. The number of sulfonamides is 1. The standard InChI is InChI=1S/C19H23FN2O4S/c1-5-22(6-2)27(24,25)18-13-14(7-12-17(18)26-4)19(23)21(3)16-10-8-15(20)9-11-16/h7-13H,5-6H2,1-4H3. The summed E-state index contributed by atoms with van der Waals surface area (Å²) in [5.74, 6) is -0.653. The molecule has 0 bridgehead atoms. The molecule has 6 nitrogen and oxygen atoms in total. The zero-order valence-corrected chi connectivity index (χ0v) is 16.6. The lowest BCUT2D eigenvalue weighted by atomic mass is 10.1. The minimum atomic E-state index is -3.81. The van der Waals surface area contributed by atoms with Gasteiger partial charge in [-0.1, -0.05) is 13.8 Å². The summed E-state index contributed by atoms with van der Waals surface area (Å²) in [7, 11) is -0.890. The Bertz CT molecular complexity index is 910. The molecule has 0 aromatic heterocycles. The first kappa shape index (κ1) is 20.9. The third kappa shape index (κ3) is 4.28. The Balaban J connectivity index is 2.47. The number of benzene rings is 2. The van der Waals surface area contributed by atoms with Gasteiger partial charge in [0.05, 0.1) is 7.11 Å². The molecule has 0 atom stereocenters. The molecule has 0 spiro atoms. The Morgan fingerprint density at radius 1 is 1.07 bits per heavy atom. The number of carbonyl (C=O) groups excluding carboxylic acids is 1. The predicted molar refractivity (Wildman–Crippen MR) is 102 cm³/mol. The van der Waals surface area contributed by atoms with E-state index in [0.717, 1.165) is 0 Å². The average molecular weight is 394 g/mol. The lowest BCUT2D eigenvalue weighted by Crippen LogP contribution is -2.31. The van der Waals surface area contributed by atoms with Crippen molar-refractivity contribution < 1.29 is 22.3 Å². The Morgan fingerprint density at radius 3 is 2.19 bits per heavy atom. The number of anilines is 1. The number of amides is 1. The highest BCUT2D eigenvalue weighted by atomic mass is 32.2. The van der Waals surface area contributed by atoms with Gasteiger partial charge in [-0.2, -0.15) is 4.31 Å². The van der Waals surface area contributed by atoms with Gasteiger partial charge in [-0.05, 0) is 42.5 Å². The third-order valence-electron chi connectivity index (χ3n) is 4.25. The number of methoxy groups -OCH3 is 1. The predicted octanol–water partition coefficient (Wildman–Crippen LogP) is 3.14. The van der Waals surface area contributed by atoms with Crippen molar-refractivity contribution in [3.8, 4) is 5.75 Å². The molecule has 2 rings (SSSR count). The van der Waals surface area contributed by atoms with Gasteiger partial charge in [0.15, 0.2) is 0 Å². The molecule has 0 fully saturated rings. The first-order valence-corrected chi connectivity index (χ1v) is 9.92. The highest BCUT2D eigenvalue weighted by Gasteiger charge is 2.27. The fourth-order valence-corrected chi connectivity index (χ4v) is 4.33. The molecule has 0 aliphatic rings. The maximum atomic E-state index is 13.1. The van der Waals surface area contributed by atoms with E-state index in [-0.39, 0.29) is 16.2 Å². The van der Waals surface area contributed by atoms with Crippen molar-refractivity contribution in [2.45, 2.75) is 18.7 Å². The second-order valence-corrected chi connectivity index (χ2v) is 7.70. The molecule has 0 unspecified atom stereocenters. The summed E-state index contributed by atoms with van der Waals surface area (Å²) in [5, 5.41) is 0. The van der Waals surface area contributed by atoms with Crippen LogP contribution in [0.15, 0.2) is 47.4 Å². The zero-order valence-electron chi connectivity index (χ0n) is 15.8. The lowest BCUT2D eigenvalue weighted by Gasteiger charge is -2.21. The summed E-state index contributed by atoms with van der Waals surface area (Å²) >= 11 is 0. The van der Waals surface area contributed by atoms with E-state index < -0.39 is 21.7 Å². The minimum Gasteiger partial charge on any atom is -0.495 e. The van der Waals surface area contributed by atoms with Crippen molar-refractivity contribution in [2.75, 3.05) is 32.1 Å². The molecule has 0 aliphatic heterocycles. The van der Waals surface area contributed by atoms with E-state index in [2.05, 4.69) is 0 Å². The molecule has 0 heterocycles. The molecule has 27 heavy (non-hydrogen) atoms. The maximum Gasteiger partial charge on any atom is 0.258 e. The van der Waals surface area contributed by atoms with Gasteiger partial charge < -0.3 is 9.64 Å². The SMILES string of the molecule is CCN(CC)S(=O)(=O)c1cc(C(=O)N(C)c2ccc(F)cc2)ccc1OC. The number of ether oxygens (including phenoxy) is 1. The van der Waals surface area contributed by atoms with Crippen LogP contribution in [0.3, 0.4) is 0 Å². The van der Waals surface area contributed by atoms with Crippen molar-refractivity contribution in [2.24, 2.45) is 0 Å². The highest BCUT2D eigenvalue weighted by Crippen LogP contribution is 2.29. The monoisotopic (exact) mass is 394 g/mol. The van der Waals surface area contributed by atoms with Gasteiger partial charge in [0.25, 0.3) is 5.91 Å². The van der Waals surface area contributed by atoms with Gasteiger partial charge in [-0.25, -0.2) is 12.8 Å². The van der Waals surface area contributed by atoms with E-state index in [9.17, 15) is 17.6 Å². The van der Waals surface area contributed by atoms with Crippen LogP contribution in [-0.4, -0.2) is 45.9 Å². The van der Waals surface area contributed by atoms with Gasteiger partial charge in [0, 0.05) is 31.4 Å². The van der Waals surface area contributed by atoms with Crippen LogP contribution in [0.5, 0.6) is 5.75 Å². The van der Waals surface area contributed by atoms with Crippen LogP contribution in [0.4, 0.5) is 10.1 Å². The second kappa shape index (κ2) is 8.49. The zero-order chi connectivity index (χ0) is 20.2. The van der Waals surface area contributed by atoms with Gasteiger partial charge in [0.1, 0.15) is 16.5 Å². The first-order valence-electron chi connectivity index (χ1n) is 8.48. The molecule has 0 N–H and O–H groups in total. The second-order valence-electron chi connectivity index (χ2n) is 5.80. The average Bonchev–Trinajstić information content (AvgIpc) is 2.67. The van der Waals surface area contributed by atoms with Gasteiger partial charge in [0.2, 0.25) is 10.0 Å². The van der Waals surface area contributed by atoms with E-state index in [4.69, 9.17) is 4.74 Å². The third-order valence-corrected chi connectivity index (χ3v) is 6.32. The topological polar surface area (TPSA) is 66.9 Å². The quantitative estimate of drug-likeness (QED) is 0.724. The summed E-state index contributed by atoms with van der Waals surface area (Å²) < 4.78 is 45.4. The number of carbonyl (C=O) groups is 1. The number of hydrogen-bond donors (Lipinski definition) is 0. The molecule has 0 radical (unpaired) electrons. The van der Waals surface area contributed by atoms with Crippen molar-refractivity contribution in [1.29, 1.82) is 0 Å². The molecule has 0 aliphatic carbocycles. The number of rotatable bonds is 7. The van der Waals surface area contributed by atoms with Crippen LogP contribution in [0, 0.1) is 5.82 Å². The van der Waals surface area contributed by atoms with Crippen LogP contribution >= 0.6 is 0 Å². The minimum absolute atomic E-state index is 0.0629. The van der Waals surface area contributed by atoms with Gasteiger partial charge >= 0.3 is 0 Å². The van der Waals surface area contributed by atoms with Crippen molar-refractivity contribution in [1.82, 2.24) is 4.31 Å². The summed E-state index contributed by atoms with van der Waals surface area (Å²) in [6, 6.07) is 9.74. The molecule has 8 heteroatoms. The first-order chi connectivity index (χ1) is 12.8. The molecule has 0 saturated heterocycles. The van der Waals surface area contributed by atoms with E-state index in [1.807, 2.05) is 0 Å². The van der Waals surface area contributed by atoms with Crippen LogP contribution in [0.2, 0.25) is 0 Å². The Hall–Kier alpha value is -2.45. The van der Waals surface area contributed by atoms with Crippen molar-refractivity contribution >= 4 is 21.6 Å². The van der Waals surface area contributed by atoms with Gasteiger partial charge in [-0.15, -0.1) is 0 Å². The number of nitrogens with zero attached hydrogens (tertiary/aromatic N) is 2. The smallest absolute Gasteiger partial charge is 0.258 e. The normalized spacial score (nSPS) is 11.5. The van der Waals surface area contributed by atoms with E-state index in [0.29, 0.717) is 18.8 Å². The van der Waals surface area contributed by atoms with E-state index in [1.54, 1.807) is 20.9 Å². The lowest BCUT2D eigenvalue weighted by molar-refractivity contribution is 0.0992. The van der Waals surface area contributed by atoms with E-state index in [1.165, 1.54) is 58.8 Å².